The van der Waals surface area contributed by atoms with Gasteiger partial charge in [-0.1, -0.05) is 0 Å². The maximum Gasteiger partial charge on any atom is 0.340 e. The molecule has 16 heavy (non-hydrogen) atoms. The number of benzene rings is 1. The van der Waals surface area contributed by atoms with Crippen molar-refractivity contribution in [2.75, 3.05) is 14.2 Å². The smallest absolute Gasteiger partial charge is 0.340 e. The Morgan fingerprint density at radius 3 is 2.31 bits per heavy atom. The Morgan fingerprint density at radius 1 is 1.38 bits per heavy atom. The third-order valence-corrected chi connectivity index (χ3v) is 2.59. The van der Waals surface area contributed by atoms with Crippen LogP contribution in [0, 0.1) is 0 Å². The summed E-state index contributed by atoms with van der Waals surface area (Å²) in [6.07, 6.45) is 0.567. The van der Waals surface area contributed by atoms with Crippen LogP contribution in [0.25, 0.3) is 0 Å². The number of aldehydes is 1. The van der Waals surface area contributed by atoms with Crippen molar-refractivity contribution in [3.63, 3.8) is 0 Å². The lowest BCUT2D eigenvalue weighted by atomic mass is 10.1. The van der Waals surface area contributed by atoms with Gasteiger partial charge in [-0.3, -0.25) is 4.79 Å². The van der Waals surface area contributed by atoms with Gasteiger partial charge in [0, 0.05) is 4.47 Å². The molecule has 0 aliphatic rings. The van der Waals surface area contributed by atoms with E-state index in [9.17, 15) is 9.59 Å². The van der Waals surface area contributed by atoms with Gasteiger partial charge in [0.15, 0.2) is 17.8 Å². The van der Waals surface area contributed by atoms with Gasteiger partial charge >= 0.3 is 5.97 Å². The van der Waals surface area contributed by atoms with E-state index >= 15 is 0 Å². The fourth-order valence-corrected chi connectivity index (χ4v) is 1.92. The number of methoxy groups -OCH3 is 2. The van der Waals surface area contributed by atoms with Gasteiger partial charge in [-0.15, -0.1) is 0 Å². The number of aromatic carboxylic acids is 1. The summed E-state index contributed by atoms with van der Waals surface area (Å²) >= 11 is 3.07. The number of carboxylic acids is 1. The van der Waals surface area contributed by atoms with Gasteiger partial charge in [0.25, 0.3) is 0 Å². The van der Waals surface area contributed by atoms with Crippen LogP contribution in [0.3, 0.4) is 0 Å². The van der Waals surface area contributed by atoms with Crippen molar-refractivity contribution in [1.29, 1.82) is 0 Å². The van der Waals surface area contributed by atoms with Crippen LogP contribution in [-0.4, -0.2) is 31.6 Å². The predicted molar refractivity (Wildman–Crippen MR) is 59.6 cm³/mol. The number of carboxylic acid groups (broad SMARTS) is 1. The van der Waals surface area contributed by atoms with Crippen molar-refractivity contribution in [1.82, 2.24) is 0 Å². The van der Waals surface area contributed by atoms with Gasteiger partial charge < -0.3 is 14.6 Å². The molecule has 0 unspecified atom stereocenters. The lowest BCUT2D eigenvalue weighted by molar-refractivity contribution is 0.0691. The zero-order valence-electron chi connectivity index (χ0n) is 8.61. The van der Waals surface area contributed by atoms with Crippen molar-refractivity contribution >= 4 is 28.2 Å². The van der Waals surface area contributed by atoms with Gasteiger partial charge in [-0.05, 0) is 22.0 Å². The molecule has 1 rings (SSSR count). The summed E-state index contributed by atoms with van der Waals surface area (Å²) < 4.78 is 10.2. The highest BCUT2D eigenvalue weighted by molar-refractivity contribution is 9.10. The fraction of sp³-hybridized carbons (Fsp3) is 0.200. The normalized spacial score (nSPS) is 9.69. The number of rotatable bonds is 4. The van der Waals surface area contributed by atoms with Gasteiger partial charge in [-0.2, -0.15) is 0 Å². The second-order valence-electron chi connectivity index (χ2n) is 2.81. The van der Waals surface area contributed by atoms with Gasteiger partial charge in [0.2, 0.25) is 0 Å². The molecule has 5 nitrogen and oxygen atoms in total. The van der Waals surface area contributed by atoms with E-state index in [0.717, 1.165) is 0 Å². The van der Waals surface area contributed by atoms with Crippen LogP contribution in [-0.2, 0) is 0 Å². The summed E-state index contributed by atoms with van der Waals surface area (Å²) in [6.45, 7) is 0. The first-order chi connectivity index (χ1) is 7.56. The molecule has 1 aromatic carbocycles. The second kappa shape index (κ2) is 4.98. The van der Waals surface area contributed by atoms with Crippen molar-refractivity contribution in [3.05, 3.63) is 21.7 Å². The molecule has 0 fully saturated rings. The average Bonchev–Trinajstić information content (AvgIpc) is 2.26. The van der Waals surface area contributed by atoms with E-state index in [-0.39, 0.29) is 27.1 Å². The molecule has 0 heterocycles. The molecule has 0 saturated heterocycles. The summed E-state index contributed by atoms with van der Waals surface area (Å²) in [6, 6.07) is 1.37. The molecule has 0 aliphatic carbocycles. The quantitative estimate of drug-likeness (QED) is 0.858. The molecule has 0 atom stereocenters. The number of ether oxygens (including phenoxy) is 2. The lowest BCUT2D eigenvalue weighted by Gasteiger charge is -2.13. The summed E-state index contributed by atoms with van der Waals surface area (Å²) in [5.74, 6) is -1.04. The number of hydrogen-bond donors (Lipinski definition) is 1. The SMILES string of the molecule is COc1c(C=O)cc(Br)c(C(=O)O)c1OC. The minimum absolute atomic E-state index is 0.0199. The molecule has 0 aliphatic heterocycles. The number of hydrogen-bond acceptors (Lipinski definition) is 4. The van der Waals surface area contributed by atoms with E-state index < -0.39 is 5.97 Å². The Kier molecular flexibility index (Phi) is 3.89. The van der Waals surface area contributed by atoms with Gasteiger partial charge in [-0.25, -0.2) is 4.79 Å². The molecule has 1 aromatic rings. The highest BCUT2D eigenvalue weighted by Crippen LogP contribution is 2.38. The van der Waals surface area contributed by atoms with Crippen molar-refractivity contribution in [3.8, 4) is 11.5 Å². The van der Waals surface area contributed by atoms with Gasteiger partial charge in [0.05, 0.1) is 19.8 Å². The summed E-state index contributed by atoms with van der Waals surface area (Å²) in [7, 11) is 2.65. The first-order valence-corrected chi connectivity index (χ1v) is 4.99. The highest BCUT2D eigenvalue weighted by atomic mass is 79.9. The average molecular weight is 289 g/mol. The molecule has 0 bridgehead atoms. The van der Waals surface area contributed by atoms with Crippen LogP contribution >= 0.6 is 15.9 Å². The fourth-order valence-electron chi connectivity index (χ4n) is 1.32. The Labute approximate surface area is 100 Å². The van der Waals surface area contributed by atoms with Crippen LogP contribution in [0.5, 0.6) is 11.5 Å². The number of carbonyl (C=O) groups is 2. The van der Waals surface area contributed by atoms with Crippen LogP contribution in [0.1, 0.15) is 20.7 Å². The van der Waals surface area contributed by atoms with Crippen LogP contribution in [0.4, 0.5) is 0 Å². The van der Waals surface area contributed by atoms with E-state index in [4.69, 9.17) is 14.6 Å². The minimum Gasteiger partial charge on any atom is -0.492 e. The Bertz CT molecular complexity index is 441. The Morgan fingerprint density at radius 2 is 1.94 bits per heavy atom. The number of halogens is 1. The van der Waals surface area contributed by atoms with Crippen LogP contribution in [0.15, 0.2) is 10.5 Å². The highest BCUT2D eigenvalue weighted by Gasteiger charge is 2.23. The van der Waals surface area contributed by atoms with E-state index in [1.165, 1.54) is 20.3 Å². The maximum atomic E-state index is 11.0. The van der Waals surface area contributed by atoms with Crippen LogP contribution < -0.4 is 9.47 Å². The topological polar surface area (TPSA) is 72.8 Å². The Balaban J connectivity index is 3.64. The number of carbonyl (C=O) groups excluding carboxylic acids is 1. The van der Waals surface area contributed by atoms with Crippen molar-refractivity contribution < 1.29 is 24.2 Å². The third kappa shape index (κ3) is 2.01. The molecule has 86 valence electrons. The summed E-state index contributed by atoms with van der Waals surface area (Å²) in [4.78, 5) is 21.8. The van der Waals surface area contributed by atoms with Crippen molar-refractivity contribution in [2.24, 2.45) is 0 Å². The van der Waals surface area contributed by atoms with Crippen LogP contribution in [0.2, 0.25) is 0 Å². The largest absolute Gasteiger partial charge is 0.492 e. The Hall–Kier alpha value is -1.56. The minimum atomic E-state index is -1.17. The van der Waals surface area contributed by atoms with Crippen molar-refractivity contribution in [2.45, 2.75) is 0 Å². The predicted octanol–water partition coefficient (Wildman–Crippen LogP) is 1.98. The zero-order valence-corrected chi connectivity index (χ0v) is 10.2. The van der Waals surface area contributed by atoms with E-state index in [2.05, 4.69) is 15.9 Å². The zero-order chi connectivity index (χ0) is 12.3. The molecule has 6 heteroatoms. The first-order valence-electron chi connectivity index (χ1n) is 4.19. The lowest BCUT2D eigenvalue weighted by Crippen LogP contribution is -2.05. The first kappa shape index (κ1) is 12.5. The second-order valence-corrected chi connectivity index (χ2v) is 3.67. The molecule has 0 spiro atoms. The molecular weight excluding hydrogens is 280 g/mol. The maximum absolute atomic E-state index is 11.0. The monoisotopic (exact) mass is 288 g/mol. The molecule has 1 N–H and O–H groups in total. The molecule has 0 radical (unpaired) electrons. The van der Waals surface area contributed by atoms with E-state index in [1.807, 2.05) is 0 Å². The molecular formula is C10H9BrO5. The molecule has 0 aromatic heterocycles. The summed E-state index contributed by atoms with van der Waals surface area (Å²) in [5, 5.41) is 9.01. The summed E-state index contributed by atoms with van der Waals surface area (Å²) in [5.41, 5.74) is 0.140. The molecule has 0 amide bonds. The van der Waals surface area contributed by atoms with E-state index in [0.29, 0.717) is 6.29 Å². The van der Waals surface area contributed by atoms with E-state index in [1.54, 1.807) is 0 Å². The molecule has 0 saturated carbocycles. The standard InChI is InChI=1S/C10H9BrO5/c1-15-8-5(4-12)3-6(11)7(10(13)14)9(8)16-2/h3-4H,1-2H3,(H,13,14). The van der Waals surface area contributed by atoms with Gasteiger partial charge in [0.1, 0.15) is 5.56 Å². The third-order valence-electron chi connectivity index (χ3n) is 1.97.